The number of benzene rings is 1. The summed E-state index contributed by atoms with van der Waals surface area (Å²) >= 11 is 0. The first kappa shape index (κ1) is 17.7. The van der Waals surface area contributed by atoms with Crippen LogP contribution in [0.1, 0.15) is 58.3 Å². The Bertz CT molecular complexity index is 752. The third kappa shape index (κ3) is 3.66. The van der Waals surface area contributed by atoms with Crippen LogP contribution >= 0.6 is 0 Å². The summed E-state index contributed by atoms with van der Waals surface area (Å²) in [5.41, 5.74) is 1.26. The van der Waals surface area contributed by atoms with Crippen molar-refractivity contribution in [3.63, 3.8) is 0 Å². The minimum absolute atomic E-state index is 0.521. The molecule has 2 bridgehead atoms. The van der Waals surface area contributed by atoms with Crippen molar-refractivity contribution < 1.29 is 4.74 Å². The molecule has 4 nitrogen and oxygen atoms in total. The zero-order valence-electron chi connectivity index (χ0n) is 16.6. The Hall–Kier alpha value is -1.39. The molecule has 1 aliphatic carbocycles. The maximum Gasteiger partial charge on any atom is 0.0682 e. The van der Waals surface area contributed by atoms with Crippen molar-refractivity contribution in [3.8, 4) is 0 Å². The van der Waals surface area contributed by atoms with Crippen LogP contribution < -0.4 is 0 Å². The molecule has 4 heteroatoms. The molecule has 1 saturated carbocycles. The summed E-state index contributed by atoms with van der Waals surface area (Å²) in [6.07, 6.45) is 13.7. The standard InChI is InChI=1S/C23H33N3O/c1-17(16-26-23-9-5-2-6-18(23)14-24-26)15-25-19-10-11-20(25)13-22(12-19)27-21-7-3-4-8-21/h2,5-6,9,14,17,19-22H,3-4,7-8,10-13,15-16H2,1H3/t17-,19-,20+,22-/m1/s1. The maximum atomic E-state index is 6.48. The van der Waals surface area contributed by atoms with Crippen LogP contribution in [-0.2, 0) is 11.3 Å². The van der Waals surface area contributed by atoms with E-state index in [0.717, 1.165) is 18.6 Å². The molecule has 3 aliphatic rings. The Morgan fingerprint density at radius 1 is 1.00 bits per heavy atom. The summed E-state index contributed by atoms with van der Waals surface area (Å²) in [4.78, 5) is 2.81. The molecule has 5 rings (SSSR count). The molecule has 0 spiro atoms. The minimum Gasteiger partial charge on any atom is -0.375 e. The van der Waals surface area contributed by atoms with Crippen LogP contribution in [0, 0.1) is 5.92 Å². The summed E-state index contributed by atoms with van der Waals surface area (Å²) in [7, 11) is 0. The molecule has 1 aromatic carbocycles. The molecular formula is C23H33N3O. The van der Waals surface area contributed by atoms with E-state index in [-0.39, 0.29) is 0 Å². The van der Waals surface area contributed by atoms with Crippen molar-refractivity contribution in [1.82, 2.24) is 14.7 Å². The topological polar surface area (TPSA) is 30.3 Å². The molecular weight excluding hydrogens is 334 g/mol. The molecule has 146 valence electrons. The van der Waals surface area contributed by atoms with E-state index in [1.54, 1.807) is 0 Å². The lowest BCUT2D eigenvalue weighted by Crippen LogP contribution is -2.48. The fourth-order valence-corrected chi connectivity index (χ4v) is 5.81. The van der Waals surface area contributed by atoms with Gasteiger partial charge in [-0.25, -0.2) is 0 Å². The SMILES string of the molecule is C[C@H](CN1[C@@H]2CC[C@H]1C[C@H](OC1CCCC1)C2)Cn1ncc2ccccc21. The summed E-state index contributed by atoms with van der Waals surface area (Å²) in [6.45, 7) is 4.59. The van der Waals surface area contributed by atoms with Gasteiger partial charge in [0.25, 0.3) is 0 Å². The molecule has 3 fully saturated rings. The fraction of sp³-hybridized carbons (Fsp3) is 0.696. The van der Waals surface area contributed by atoms with Crippen molar-refractivity contribution in [3.05, 3.63) is 30.5 Å². The van der Waals surface area contributed by atoms with E-state index in [4.69, 9.17) is 4.74 Å². The van der Waals surface area contributed by atoms with Crippen molar-refractivity contribution >= 4 is 10.9 Å². The quantitative estimate of drug-likeness (QED) is 0.746. The highest BCUT2D eigenvalue weighted by atomic mass is 16.5. The second-order valence-corrected chi connectivity index (χ2v) is 9.21. The number of hydrogen-bond donors (Lipinski definition) is 0. The Labute approximate surface area is 162 Å². The van der Waals surface area contributed by atoms with E-state index in [2.05, 4.69) is 45.9 Å². The third-order valence-corrected chi connectivity index (χ3v) is 7.09. The van der Waals surface area contributed by atoms with Crippen molar-refractivity contribution in [2.24, 2.45) is 5.92 Å². The van der Waals surface area contributed by atoms with E-state index >= 15 is 0 Å². The monoisotopic (exact) mass is 367 g/mol. The Morgan fingerprint density at radius 2 is 1.74 bits per heavy atom. The van der Waals surface area contributed by atoms with E-state index in [9.17, 15) is 0 Å². The lowest BCUT2D eigenvalue weighted by atomic mass is 9.97. The molecule has 4 atom stereocenters. The lowest BCUT2D eigenvalue weighted by molar-refractivity contribution is -0.0603. The number of nitrogens with zero attached hydrogens (tertiary/aromatic N) is 3. The number of piperidine rings is 1. The van der Waals surface area contributed by atoms with Gasteiger partial charge < -0.3 is 4.74 Å². The van der Waals surface area contributed by atoms with Gasteiger partial charge in [-0.1, -0.05) is 38.0 Å². The molecule has 0 unspecified atom stereocenters. The first-order chi connectivity index (χ1) is 13.3. The van der Waals surface area contributed by atoms with Gasteiger partial charge in [-0.3, -0.25) is 9.58 Å². The Kier molecular flexibility index (Phi) is 4.95. The second-order valence-electron chi connectivity index (χ2n) is 9.21. The van der Waals surface area contributed by atoms with Crippen molar-refractivity contribution in [1.29, 1.82) is 0 Å². The molecule has 27 heavy (non-hydrogen) atoms. The van der Waals surface area contributed by atoms with Crippen LogP contribution in [0.15, 0.2) is 30.5 Å². The van der Waals surface area contributed by atoms with Crippen LogP contribution in [0.3, 0.4) is 0 Å². The summed E-state index contributed by atoms with van der Waals surface area (Å²) < 4.78 is 8.67. The summed E-state index contributed by atoms with van der Waals surface area (Å²) in [5.74, 6) is 0.615. The zero-order chi connectivity index (χ0) is 18.2. The van der Waals surface area contributed by atoms with Gasteiger partial charge in [0.2, 0.25) is 0 Å². The van der Waals surface area contributed by atoms with E-state index < -0.39 is 0 Å². The molecule has 2 aromatic rings. The number of ether oxygens (including phenoxy) is 1. The predicted octanol–water partition coefficient (Wildman–Crippen LogP) is 4.63. The highest BCUT2D eigenvalue weighted by molar-refractivity contribution is 5.78. The Balaban J connectivity index is 1.19. The minimum atomic E-state index is 0.521. The predicted molar refractivity (Wildman–Crippen MR) is 109 cm³/mol. The number of hydrogen-bond acceptors (Lipinski definition) is 3. The van der Waals surface area contributed by atoms with E-state index in [1.165, 1.54) is 68.8 Å². The normalized spacial score (nSPS) is 30.3. The smallest absolute Gasteiger partial charge is 0.0682 e. The van der Waals surface area contributed by atoms with Crippen LogP contribution in [0.2, 0.25) is 0 Å². The molecule has 0 amide bonds. The van der Waals surface area contributed by atoms with Crippen molar-refractivity contribution in [2.75, 3.05) is 6.54 Å². The molecule has 2 saturated heterocycles. The molecule has 2 aliphatic heterocycles. The lowest BCUT2D eigenvalue weighted by Gasteiger charge is -2.40. The number of aromatic nitrogens is 2. The largest absolute Gasteiger partial charge is 0.375 e. The first-order valence-corrected chi connectivity index (χ1v) is 11.1. The summed E-state index contributed by atoms with van der Waals surface area (Å²) in [5, 5.41) is 5.87. The van der Waals surface area contributed by atoms with Gasteiger partial charge in [0.15, 0.2) is 0 Å². The Morgan fingerprint density at radius 3 is 2.52 bits per heavy atom. The highest BCUT2D eigenvalue weighted by Gasteiger charge is 2.42. The van der Waals surface area contributed by atoms with Crippen LogP contribution in [0.25, 0.3) is 10.9 Å². The third-order valence-electron chi connectivity index (χ3n) is 7.09. The molecule has 0 radical (unpaired) electrons. The number of para-hydroxylation sites is 1. The van der Waals surface area contributed by atoms with Crippen LogP contribution in [0.4, 0.5) is 0 Å². The van der Waals surface area contributed by atoms with E-state index in [1.807, 2.05) is 6.20 Å². The summed E-state index contributed by atoms with van der Waals surface area (Å²) in [6, 6.07) is 10.0. The maximum absolute atomic E-state index is 6.48. The van der Waals surface area contributed by atoms with Crippen LogP contribution in [-0.4, -0.2) is 45.5 Å². The van der Waals surface area contributed by atoms with Gasteiger partial charge in [0.05, 0.1) is 23.9 Å². The average Bonchev–Trinajstić information content (AvgIpc) is 3.36. The molecule has 3 heterocycles. The van der Waals surface area contributed by atoms with Gasteiger partial charge in [-0.15, -0.1) is 0 Å². The van der Waals surface area contributed by atoms with E-state index in [0.29, 0.717) is 18.1 Å². The van der Waals surface area contributed by atoms with Gasteiger partial charge in [0.1, 0.15) is 0 Å². The highest BCUT2D eigenvalue weighted by Crippen LogP contribution is 2.39. The van der Waals surface area contributed by atoms with Crippen molar-refractivity contribution in [2.45, 2.75) is 89.1 Å². The van der Waals surface area contributed by atoms with Gasteiger partial charge >= 0.3 is 0 Å². The average molecular weight is 368 g/mol. The molecule has 0 N–H and O–H groups in total. The zero-order valence-corrected chi connectivity index (χ0v) is 16.6. The van der Waals surface area contributed by atoms with Crippen LogP contribution in [0.5, 0.6) is 0 Å². The fourth-order valence-electron chi connectivity index (χ4n) is 5.81. The second kappa shape index (κ2) is 7.56. The number of fused-ring (bicyclic) bond motifs is 3. The molecule has 1 aromatic heterocycles. The first-order valence-electron chi connectivity index (χ1n) is 11.1. The van der Waals surface area contributed by atoms with Gasteiger partial charge in [-0.2, -0.15) is 5.10 Å². The van der Waals surface area contributed by atoms with Gasteiger partial charge in [-0.05, 0) is 50.5 Å². The number of rotatable bonds is 6. The van der Waals surface area contributed by atoms with Gasteiger partial charge in [0, 0.05) is 30.6 Å².